The molecule has 1 aromatic heterocycles. The molecule has 2 rings (SSSR count). The van der Waals surface area contributed by atoms with Gasteiger partial charge in [0.1, 0.15) is 4.88 Å². The maximum Gasteiger partial charge on any atom is 0.347 e. The number of nitro benzene ring substituents is 1. The molecule has 0 aliphatic heterocycles. The fourth-order valence-electron chi connectivity index (χ4n) is 1.52. The van der Waals surface area contributed by atoms with Gasteiger partial charge in [0, 0.05) is 17.0 Å². The maximum atomic E-state index is 11.0. The number of nitro groups is 1. The highest BCUT2D eigenvalue weighted by molar-refractivity contribution is 8.01. The Kier molecular flexibility index (Phi) is 4.05. The summed E-state index contributed by atoms with van der Waals surface area (Å²) in [5.41, 5.74) is 1.34. The summed E-state index contributed by atoms with van der Waals surface area (Å²) in [7, 11) is 0. The van der Waals surface area contributed by atoms with Crippen LogP contribution in [0.15, 0.2) is 27.4 Å². The van der Waals surface area contributed by atoms with E-state index in [-0.39, 0.29) is 10.6 Å². The molecular weight excluding hydrogens is 300 g/mol. The Hall–Kier alpha value is -1.93. The first-order valence-electron chi connectivity index (χ1n) is 5.52. The Balaban J connectivity index is 2.34. The topological polar surface area (TPSA) is 93.3 Å². The molecule has 1 aromatic carbocycles. The summed E-state index contributed by atoms with van der Waals surface area (Å²) >= 11 is 2.31. The van der Waals surface area contributed by atoms with E-state index in [1.807, 2.05) is 6.92 Å². The second-order valence-electron chi connectivity index (χ2n) is 4.01. The normalized spacial score (nSPS) is 10.5. The number of aromatic nitrogens is 1. The van der Waals surface area contributed by atoms with E-state index < -0.39 is 10.9 Å². The Morgan fingerprint density at radius 1 is 1.45 bits per heavy atom. The lowest BCUT2D eigenvalue weighted by Crippen LogP contribution is -1.94. The number of aromatic carboxylic acids is 1. The van der Waals surface area contributed by atoms with Gasteiger partial charge in [0.15, 0.2) is 4.34 Å². The summed E-state index contributed by atoms with van der Waals surface area (Å²) in [5, 5.41) is 19.8. The molecule has 0 spiro atoms. The number of hydrogen-bond acceptors (Lipinski definition) is 6. The highest BCUT2D eigenvalue weighted by atomic mass is 32.2. The molecule has 0 radical (unpaired) electrons. The first-order valence-corrected chi connectivity index (χ1v) is 7.15. The predicted molar refractivity (Wildman–Crippen MR) is 75.8 cm³/mol. The van der Waals surface area contributed by atoms with Crippen molar-refractivity contribution in [3.63, 3.8) is 0 Å². The van der Waals surface area contributed by atoms with E-state index >= 15 is 0 Å². The minimum atomic E-state index is -1.01. The average Bonchev–Trinajstić information content (AvgIpc) is 2.73. The summed E-state index contributed by atoms with van der Waals surface area (Å²) in [6, 6.07) is 4.57. The quantitative estimate of drug-likeness (QED) is 0.686. The summed E-state index contributed by atoms with van der Waals surface area (Å²) in [6.45, 7) is 3.47. The number of thiazole rings is 1. The predicted octanol–water partition coefficient (Wildman–Crippen LogP) is 3.52. The summed E-state index contributed by atoms with van der Waals surface area (Å²) in [5.74, 6) is -1.01. The lowest BCUT2D eigenvalue weighted by molar-refractivity contribution is -0.385. The minimum absolute atomic E-state index is 0.00448. The van der Waals surface area contributed by atoms with Gasteiger partial charge in [0.25, 0.3) is 5.69 Å². The monoisotopic (exact) mass is 310 g/mol. The van der Waals surface area contributed by atoms with Crippen molar-refractivity contribution < 1.29 is 14.8 Å². The van der Waals surface area contributed by atoms with Crippen molar-refractivity contribution >= 4 is 34.8 Å². The van der Waals surface area contributed by atoms with Gasteiger partial charge < -0.3 is 5.11 Å². The third-order valence-corrected chi connectivity index (χ3v) is 4.92. The van der Waals surface area contributed by atoms with Gasteiger partial charge in [-0.15, -0.1) is 11.3 Å². The average molecular weight is 310 g/mol. The van der Waals surface area contributed by atoms with Gasteiger partial charge in [-0.1, -0.05) is 17.8 Å². The fourth-order valence-corrected chi connectivity index (χ4v) is 3.62. The van der Waals surface area contributed by atoms with Crippen LogP contribution < -0.4 is 0 Å². The molecule has 104 valence electrons. The first-order chi connectivity index (χ1) is 9.38. The molecule has 1 N–H and O–H groups in total. The number of carboxylic acid groups (broad SMARTS) is 1. The number of benzene rings is 1. The minimum Gasteiger partial charge on any atom is -0.477 e. The van der Waals surface area contributed by atoms with Gasteiger partial charge in [-0.25, -0.2) is 9.78 Å². The zero-order valence-corrected chi connectivity index (χ0v) is 12.2. The summed E-state index contributed by atoms with van der Waals surface area (Å²) < 4.78 is 0.559. The molecule has 1 heterocycles. The van der Waals surface area contributed by atoms with Crippen molar-refractivity contribution in [3.8, 4) is 0 Å². The van der Waals surface area contributed by atoms with Crippen molar-refractivity contribution in [1.82, 2.24) is 4.98 Å². The third kappa shape index (κ3) is 2.97. The molecule has 0 fully saturated rings. The van der Waals surface area contributed by atoms with E-state index in [4.69, 9.17) is 5.11 Å². The summed E-state index contributed by atoms with van der Waals surface area (Å²) in [4.78, 5) is 26.3. The van der Waals surface area contributed by atoms with Crippen molar-refractivity contribution in [2.45, 2.75) is 23.1 Å². The molecule has 0 aliphatic carbocycles. The molecule has 20 heavy (non-hydrogen) atoms. The van der Waals surface area contributed by atoms with Gasteiger partial charge in [0.05, 0.1) is 10.6 Å². The van der Waals surface area contributed by atoms with E-state index in [1.54, 1.807) is 13.0 Å². The van der Waals surface area contributed by atoms with Crippen molar-refractivity contribution in [2.75, 3.05) is 0 Å². The van der Waals surface area contributed by atoms with Gasteiger partial charge in [-0.2, -0.15) is 0 Å². The second-order valence-corrected chi connectivity index (χ2v) is 6.30. The molecule has 0 atom stereocenters. The van der Waals surface area contributed by atoms with Crippen LogP contribution in [0.2, 0.25) is 0 Å². The highest BCUT2D eigenvalue weighted by Gasteiger charge is 2.16. The van der Waals surface area contributed by atoms with Crippen LogP contribution in [-0.2, 0) is 0 Å². The second kappa shape index (κ2) is 5.59. The molecule has 0 unspecified atom stereocenters. The van der Waals surface area contributed by atoms with E-state index in [2.05, 4.69) is 4.98 Å². The molecular formula is C12H10N2O4S2. The molecule has 2 aromatic rings. The Morgan fingerprint density at radius 2 is 2.15 bits per heavy atom. The maximum absolute atomic E-state index is 11.0. The van der Waals surface area contributed by atoms with Gasteiger partial charge in [-0.05, 0) is 19.4 Å². The fraction of sp³-hybridized carbons (Fsp3) is 0.167. The van der Waals surface area contributed by atoms with Crippen molar-refractivity contribution in [3.05, 3.63) is 44.4 Å². The highest BCUT2D eigenvalue weighted by Crippen LogP contribution is 2.36. The zero-order valence-electron chi connectivity index (χ0n) is 10.6. The third-order valence-electron chi connectivity index (χ3n) is 2.55. The van der Waals surface area contributed by atoms with E-state index in [9.17, 15) is 14.9 Å². The summed E-state index contributed by atoms with van der Waals surface area (Å²) in [6.07, 6.45) is 0. The molecule has 0 saturated carbocycles. The van der Waals surface area contributed by atoms with E-state index in [0.717, 1.165) is 16.9 Å². The van der Waals surface area contributed by atoms with Crippen LogP contribution in [0.1, 0.15) is 20.9 Å². The largest absolute Gasteiger partial charge is 0.477 e. The van der Waals surface area contributed by atoms with Crippen molar-refractivity contribution in [2.24, 2.45) is 0 Å². The van der Waals surface area contributed by atoms with Gasteiger partial charge >= 0.3 is 5.97 Å². The Morgan fingerprint density at radius 3 is 2.70 bits per heavy atom. The number of hydrogen-bond donors (Lipinski definition) is 1. The number of nitrogens with zero attached hydrogens (tertiary/aromatic N) is 2. The standard InChI is InChI=1S/C12H10N2O4S2/c1-6-3-4-8(14(17)18)5-9(6)19-12-13-7(2)10(20-12)11(15)16/h3-5H,1-2H3,(H,15,16). The van der Waals surface area contributed by atoms with Gasteiger partial charge in [-0.3, -0.25) is 10.1 Å². The first kappa shape index (κ1) is 14.5. The zero-order chi connectivity index (χ0) is 14.9. The van der Waals surface area contributed by atoms with Crippen molar-refractivity contribution in [1.29, 1.82) is 0 Å². The smallest absolute Gasteiger partial charge is 0.347 e. The van der Waals surface area contributed by atoms with Crippen LogP contribution in [0.4, 0.5) is 5.69 Å². The van der Waals surface area contributed by atoms with Crippen LogP contribution in [0.25, 0.3) is 0 Å². The molecule has 0 saturated heterocycles. The number of carboxylic acids is 1. The van der Waals surface area contributed by atoms with Crippen LogP contribution in [0, 0.1) is 24.0 Å². The molecule has 6 nitrogen and oxygen atoms in total. The van der Waals surface area contributed by atoms with E-state index in [1.165, 1.54) is 23.9 Å². The SMILES string of the molecule is Cc1ccc([N+](=O)[O-])cc1Sc1nc(C)c(C(=O)O)s1. The molecule has 8 heteroatoms. The number of non-ortho nitro benzene ring substituents is 1. The number of carbonyl (C=O) groups is 1. The van der Waals surface area contributed by atoms with Gasteiger partial charge in [0.2, 0.25) is 0 Å². The van der Waals surface area contributed by atoms with Crippen LogP contribution in [0.5, 0.6) is 0 Å². The van der Waals surface area contributed by atoms with Crippen LogP contribution in [-0.4, -0.2) is 21.0 Å². The van der Waals surface area contributed by atoms with Crippen LogP contribution in [0.3, 0.4) is 0 Å². The van der Waals surface area contributed by atoms with E-state index in [0.29, 0.717) is 14.9 Å². The Labute approximate surface area is 122 Å². The molecule has 0 aliphatic rings. The lowest BCUT2D eigenvalue weighted by atomic mass is 10.2. The number of aryl methyl sites for hydroxylation is 2. The Bertz CT molecular complexity index is 697. The molecule has 0 amide bonds. The number of rotatable bonds is 4. The van der Waals surface area contributed by atoms with Crippen LogP contribution >= 0.6 is 23.1 Å². The molecule has 0 bridgehead atoms. The lowest BCUT2D eigenvalue weighted by Gasteiger charge is -2.02.